The highest BCUT2D eigenvalue weighted by Gasteiger charge is 2.50. The van der Waals surface area contributed by atoms with Crippen LogP contribution in [0.5, 0.6) is 5.75 Å². The molecule has 2 atom stereocenters. The van der Waals surface area contributed by atoms with Gasteiger partial charge in [0.1, 0.15) is 11.9 Å². The summed E-state index contributed by atoms with van der Waals surface area (Å²) in [7, 11) is 1.63. The summed E-state index contributed by atoms with van der Waals surface area (Å²) >= 11 is 0. The summed E-state index contributed by atoms with van der Waals surface area (Å²) in [5, 5.41) is 0. The highest BCUT2D eigenvalue weighted by Crippen LogP contribution is 2.50. The Morgan fingerprint density at radius 2 is 1.63 bits per heavy atom. The SMILES string of the molecule is COc1ccc(COCc2cc3c(c4c2C2OC(C)(C)OC2C4)C(=O)c2ccccc2C3=O)cc1. The van der Waals surface area contributed by atoms with Gasteiger partial charge in [-0.2, -0.15) is 0 Å². The monoisotopic (exact) mass is 470 g/mol. The Labute approximate surface area is 203 Å². The van der Waals surface area contributed by atoms with Crippen molar-refractivity contribution in [2.45, 2.75) is 51.5 Å². The third kappa shape index (κ3) is 3.60. The van der Waals surface area contributed by atoms with Crippen molar-refractivity contribution < 1.29 is 28.5 Å². The Morgan fingerprint density at radius 3 is 2.34 bits per heavy atom. The van der Waals surface area contributed by atoms with Crippen LogP contribution in [0.15, 0.2) is 54.6 Å². The van der Waals surface area contributed by atoms with Crippen molar-refractivity contribution in [3.05, 3.63) is 99.1 Å². The van der Waals surface area contributed by atoms with Crippen LogP contribution in [0.25, 0.3) is 0 Å². The van der Waals surface area contributed by atoms with Crippen molar-refractivity contribution in [1.82, 2.24) is 0 Å². The number of ether oxygens (including phenoxy) is 4. The Hall–Kier alpha value is -3.32. The number of hydrogen-bond donors (Lipinski definition) is 0. The van der Waals surface area contributed by atoms with Gasteiger partial charge in [-0.25, -0.2) is 0 Å². The lowest BCUT2D eigenvalue weighted by molar-refractivity contribution is -0.148. The lowest BCUT2D eigenvalue weighted by atomic mass is 9.79. The molecule has 6 rings (SSSR count). The van der Waals surface area contributed by atoms with Gasteiger partial charge in [0.2, 0.25) is 0 Å². The van der Waals surface area contributed by atoms with Gasteiger partial charge >= 0.3 is 0 Å². The first-order valence-corrected chi connectivity index (χ1v) is 11.8. The molecule has 6 heteroatoms. The number of fused-ring (bicyclic) bond motifs is 6. The van der Waals surface area contributed by atoms with Crippen LogP contribution in [0.3, 0.4) is 0 Å². The fraction of sp³-hybridized carbons (Fsp3) is 0.310. The number of benzene rings is 3. The normalized spacial score (nSPS) is 21.3. The second kappa shape index (κ2) is 8.12. The molecule has 3 aromatic carbocycles. The highest BCUT2D eigenvalue weighted by molar-refractivity contribution is 6.29. The van der Waals surface area contributed by atoms with Crippen molar-refractivity contribution in [2.75, 3.05) is 7.11 Å². The van der Waals surface area contributed by atoms with Gasteiger partial charge in [-0.3, -0.25) is 9.59 Å². The van der Waals surface area contributed by atoms with Crippen molar-refractivity contribution in [3.8, 4) is 5.75 Å². The van der Waals surface area contributed by atoms with Gasteiger partial charge in [0.15, 0.2) is 17.4 Å². The summed E-state index contributed by atoms with van der Waals surface area (Å²) in [6, 6.07) is 16.6. The van der Waals surface area contributed by atoms with E-state index >= 15 is 0 Å². The summed E-state index contributed by atoms with van der Waals surface area (Å²) in [6.07, 6.45) is 0.0242. The van der Waals surface area contributed by atoms with Crippen LogP contribution in [0.1, 0.15) is 74.0 Å². The molecule has 1 heterocycles. The molecule has 0 aromatic heterocycles. The molecule has 178 valence electrons. The van der Waals surface area contributed by atoms with Gasteiger partial charge in [-0.05, 0) is 54.3 Å². The van der Waals surface area contributed by atoms with Gasteiger partial charge in [-0.1, -0.05) is 36.4 Å². The van der Waals surface area contributed by atoms with E-state index in [-0.39, 0.29) is 30.4 Å². The predicted octanol–water partition coefficient (Wildman–Crippen LogP) is 4.94. The Balaban J connectivity index is 1.39. The van der Waals surface area contributed by atoms with E-state index in [0.717, 1.165) is 28.0 Å². The van der Waals surface area contributed by atoms with Gasteiger partial charge in [0.05, 0.1) is 26.4 Å². The van der Waals surface area contributed by atoms with Gasteiger partial charge in [0, 0.05) is 28.7 Å². The Kier molecular flexibility index (Phi) is 5.14. The van der Waals surface area contributed by atoms with Crippen LogP contribution in [-0.4, -0.2) is 30.6 Å². The lowest BCUT2D eigenvalue weighted by Gasteiger charge is -2.25. The summed E-state index contributed by atoms with van der Waals surface area (Å²) in [5.74, 6) is -0.168. The molecule has 1 saturated heterocycles. The second-order valence-electron chi connectivity index (χ2n) is 9.69. The second-order valence-corrected chi connectivity index (χ2v) is 9.69. The van der Waals surface area contributed by atoms with Gasteiger partial charge in [-0.15, -0.1) is 0 Å². The van der Waals surface area contributed by atoms with E-state index in [2.05, 4.69) is 0 Å². The Bertz CT molecular complexity index is 1350. The quantitative estimate of drug-likeness (QED) is 0.412. The minimum absolute atomic E-state index is 0.114. The molecule has 0 amide bonds. The largest absolute Gasteiger partial charge is 0.497 e. The number of rotatable bonds is 5. The first-order chi connectivity index (χ1) is 16.9. The molecule has 0 spiro atoms. The van der Waals surface area contributed by atoms with Crippen LogP contribution in [0.2, 0.25) is 0 Å². The van der Waals surface area contributed by atoms with Crippen LogP contribution in [-0.2, 0) is 33.8 Å². The molecule has 2 aliphatic carbocycles. The maximum absolute atomic E-state index is 13.5. The number of carbonyl (C=O) groups excluding carboxylic acids is 2. The van der Waals surface area contributed by atoms with Gasteiger partial charge < -0.3 is 18.9 Å². The molecule has 0 radical (unpaired) electrons. The average Bonchev–Trinajstić information content (AvgIpc) is 3.34. The molecule has 35 heavy (non-hydrogen) atoms. The summed E-state index contributed by atoms with van der Waals surface area (Å²) in [5.41, 5.74) is 5.48. The summed E-state index contributed by atoms with van der Waals surface area (Å²) in [4.78, 5) is 27.0. The molecule has 2 unspecified atom stereocenters. The highest BCUT2D eigenvalue weighted by atomic mass is 16.8. The minimum atomic E-state index is -0.712. The maximum atomic E-state index is 13.5. The third-order valence-electron chi connectivity index (χ3n) is 7.01. The summed E-state index contributed by atoms with van der Waals surface area (Å²) in [6.45, 7) is 4.49. The van der Waals surface area contributed by atoms with E-state index in [4.69, 9.17) is 18.9 Å². The zero-order valence-corrected chi connectivity index (χ0v) is 19.9. The van der Waals surface area contributed by atoms with Crippen LogP contribution < -0.4 is 4.74 Å². The molecule has 1 fully saturated rings. The van der Waals surface area contributed by atoms with E-state index in [1.165, 1.54) is 0 Å². The lowest BCUT2D eigenvalue weighted by Crippen LogP contribution is -2.26. The van der Waals surface area contributed by atoms with Crippen molar-refractivity contribution in [1.29, 1.82) is 0 Å². The topological polar surface area (TPSA) is 71.1 Å². The summed E-state index contributed by atoms with van der Waals surface area (Å²) < 4.78 is 23.7. The van der Waals surface area contributed by atoms with E-state index in [9.17, 15) is 9.59 Å². The van der Waals surface area contributed by atoms with E-state index in [0.29, 0.717) is 35.3 Å². The number of hydrogen-bond acceptors (Lipinski definition) is 6. The van der Waals surface area contributed by atoms with Crippen molar-refractivity contribution in [2.24, 2.45) is 0 Å². The van der Waals surface area contributed by atoms with Gasteiger partial charge in [0.25, 0.3) is 0 Å². The first kappa shape index (κ1) is 22.2. The molecule has 6 nitrogen and oxygen atoms in total. The first-order valence-electron chi connectivity index (χ1n) is 11.8. The van der Waals surface area contributed by atoms with Crippen LogP contribution in [0.4, 0.5) is 0 Å². The molecule has 1 aliphatic heterocycles. The smallest absolute Gasteiger partial charge is 0.194 e. The fourth-order valence-corrected chi connectivity index (χ4v) is 5.53. The van der Waals surface area contributed by atoms with Crippen LogP contribution >= 0.6 is 0 Å². The number of carbonyl (C=O) groups is 2. The van der Waals surface area contributed by atoms with Crippen molar-refractivity contribution in [3.63, 3.8) is 0 Å². The third-order valence-corrected chi connectivity index (χ3v) is 7.01. The molecule has 3 aromatic rings. The van der Waals surface area contributed by atoms with E-state index in [1.807, 2.05) is 44.2 Å². The molecular weight excluding hydrogens is 444 g/mol. The van der Waals surface area contributed by atoms with E-state index < -0.39 is 5.79 Å². The number of ketones is 2. The fourth-order valence-electron chi connectivity index (χ4n) is 5.53. The zero-order valence-electron chi connectivity index (χ0n) is 19.9. The average molecular weight is 471 g/mol. The predicted molar refractivity (Wildman–Crippen MR) is 128 cm³/mol. The van der Waals surface area contributed by atoms with Crippen molar-refractivity contribution >= 4 is 11.6 Å². The Morgan fingerprint density at radius 1 is 0.914 bits per heavy atom. The minimum Gasteiger partial charge on any atom is -0.497 e. The molecule has 3 aliphatic rings. The number of methoxy groups -OCH3 is 1. The molecular formula is C29H26O6. The standard InChI is InChI=1S/C29H26O6/c1-29(2)34-23-13-21-24(28(23)35-29)17(15-33-14-16-8-10-18(32-3)11-9-16)12-22-25(21)27(31)20-7-5-4-6-19(20)26(22)30/h4-12,23,28H,13-15H2,1-3H3. The molecule has 0 N–H and O–H groups in total. The van der Waals surface area contributed by atoms with Crippen LogP contribution in [0, 0.1) is 0 Å². The molecule has 0 bridgehead atoms. The van der Waals surface area contributed by atoms with E-state index in [1.54, 1.807) is 31.4 Å². The zero-order chi connectivity index (χ0) is 24.3. The molecule has 0 saturated carbocycles. The maximum Gasteiger partial charge on any atom is 0.194 e.